The van der Waals surface area contributed by atoms with Gasteiger partial charge in [-0.2, -0.15) is 13.2 Å². The summed E-state index contributed by atoms with van der Waals surface area (Å²) < 4.78 is 38.2. The quantitative estimate of drug-likeness (QED) is 0.684. The molecule has 2 aromatic rings. The second-order valence-corrected chi connectivity index (χ2v) is 7.11. The first-order chi connectivity index (χ1) is 13.8. The molecule has 1 aliphatic heterocycles. The Morgan fingerprint density at radius 3 is 2.48 bits per heavy atom. The highest BCUT2D eigenvalue weighted by atomic mass is 19.4. The summed E-state index contributed by atoms with van der Waals surface area (Å²) in [5, 5.41) is 4.19. The van der Waals surface area contributed by atoms with E-state index in [1.165, 1.54) is 12.1 Å². The van der Waals surface area contributed by atoms with Gasteiger partial charge in [0.25, 0.3) is 0 Å². The van der Waals surface area contributed by atoms with Crippen molar-refractivity contribution < 1.29 is 22.8 Å². The molecule has 0 radical (unpaired) electrons. The molecule has 0 N–H and O–H groups in total. The number of carbonyl (C=O) groups excluding carboxylic acids is 1. The lowest BCUT2D eigenvalue weighted by Gasteiger charge is -2.24. The standard InChI is InChI=1S/C22H23F3N2O2/c1-3-21(28)27(13-16-8-10-17(11-9-16)22(23,24)25)14-18-12-20(26-29-18)19-7-5-4-6-15(19)2/h4-11,18H,3,12-14H2,1-2H3/t18-/m0/s1. The first-order valence-corrected chi connectivity index (χ1v) is 9.50. The lowest BCUT2D eigenvalue weighted by atomic mass is 10.00. The number of carbonyl (C=O) groups is 1. The summed E-state index contributed by atoms with van der Waals surface area (Å²) in [7, 11) is 0. The minimum absolute atomic E-state index is 0.0853. The second kappa shape index (κ2) is 8.68. The van der Waals surface area contributed by atoms with E-state index in [0.29, 0.717) is 24.9 Å². The molecule has 1 amide bonds. The fraction of sp³-hybridized carbons (Fsp3) is 0.364. The van der Waals surface area contributed by atoms with Gasteiger partial charge in [-0.3, -0.25) is 4.79 Å². The number of hydrogen-bond donors (Lipinski definition) is 0. The topological polar surface area (TPSA) is 41.9 Å². The zero-order valence-electron chi connectivity index (χ0n) is 16.4. The fourth-order valence-corrected chi connectivity index (χ4v) is 3.33. The van der Waals surface area contributed by atoms with Crippen LogP contribution in [-0.4, -0.2) is 29.2 Å². The highest BCUT2D eigenvalue weighted by Gasteiger charge is 2.30. The zero-order chi connectivity index (χ0) is 21.0. The van der Waals surface area contributed by atoms with Gasteiger partial charge in [0.15, 0.2) is 6.10 Å². The van der Waals surface area contributed by atoms with Gasteiger partial charge in [0, 0.05) is 24.9 Å². The maximum atomic E-state index is 12.7. The third-order valence-corrected chi connectivity index (χ3v) is 4.92. The van der Waals surface area contributed by atoms with E-state index in [1.54, 1.807) is 11.8 Å². The SMILES string of the molecule is CCC(=O)N(Cc1ccc(C(F)(F)F)cc1)C[C@@H]1CC(c2ccccc2C)=NO1. The minimum atomic E-state index is -4.38. The van der Waals surface area contributed by atoms with Gasteiger partial charge < -0.3 is 9.74 Å². The molecular formula is C22H23F3N2O2. The lowest BCUT2D eigenvalue weighted by Crippen LogP contribution is -2.36. The van der Waals surface area contributed by atoms with Crippen molar-refractivity contribution in [2.24, 2.45) is 5.16 Å². The van der Waals surface area contributed by atoms with E-state index >= 15 is 0 Å². The smallest absolute Gasteiger partial charge is 0.390 e. The van der Waals surface area contributed by atoms with E-state index in [2.05, 4.69) is 5.16 Å². The summed E-state index contributed by atoms with van der Waals surface area (Å²) >= 11 is 0. The molecule has 0 bridgehead atoms. The summed E-state index contributed by atoms with van der Waals surface area (Å²) in [6.07, 6.45) is -3.78. The Bertz CT molecular complexity index is 892. The lowest BCUT2D eigenvalue weighted by molar-refractivity contribution is -0.137. The molecule has 1 heterocycles. The van der Waals surface area contributed by atoms with E-state index in [-0.39, 0.29) is 18.6 Å². The van der Waals surface area contributed by atoms with E-state index in [4.69, 9.17) is 4.84 Å². The Balaban J connectivity index is 1.66. The molecule has 0 spiro atoms. The number of amides is 1. The van der Waals surface area contributed by atoms with Gasteiger partial charge in [-0.1, -0.05) is 48.5 Å². The van der Waals surface area contributed by atoms with Gasteiger partial charge in [0.05, 0.1) is 17.8 Å². The van der Waals surface area contributed by atoms with Crippen molar-refractivity contribution in [1.82, 2.24) is 4.90 Å². The normalized spacial score (nSPS) is 16.3. The average molecular weight is 404 g/mol. The largest absolute Gasteiger partial charge is 0.416 e. The third kappa shape index (κ3) is 5.16. The number of oxime groups is 1. The molecule has 0 saturated carbocycles. The van der Waals surface area contributed by atoms with Crippen LogP contribution in [0.3, 0.4) is 0 Å². The van der Waals surface area contributed by atoms with E-state index in [9.17, 15) is 18.0 Å². The van der Waals surface area contributed by atoms with Crippen molar-refractivity contribution in [3.8, 4) is 0 Å². The van der Waals surface area contributed by atoms with Gasteiger partial charge in [0.2, 0.25) is 5.91 Å². The molecule has 0 aromatic heterocycles. The monoisotopic (exact) mass is 404 g/mol. The first-order valence-electron chi connectivity index (χ1n) is 9.50. The third-order valence-electron chi connectivity index (χ3n) is 4.92. The van der Waals surface area contributed by atoms with Crippen LogP contribution in [0, 0.1) is 6.92 Å². The van der Waals surface area contributed by atoms with Crippen molar-refractivity contribution in [2.45, 2.75) is 45.5 Å². The number of hydrogen-bond acceptors (Lipinski definition) is 3. The number of nitrogens with zero attached hydrogens (tertiary/aromatic N) is 2. The number of rotatable bonds is 6. The van der Waals surface area contributed by atoms with Crippen molar-refractivity contribution in [3.05, 3.63) is 70.8 Å². The van der Waals surface area contributed by atoms with Crippen LogP contribution in [-0.2, 0) is 22.4 Å². The summed E-state index contributed by atoms with van der Waals surface area (Å²) in [6, 6.07) is 12.8. The maximum Gasteiger partial charge on any atom is 0.416 e. The van der Waals surface area contributed by atoms with Crippen molar-refractivity contribution in [2.75, 3.05) is 6.54 Å². The number of benzene rings is 2. The van der Waals surface area contributed by atoms with E-state index in [1.807, 2.05) is 31.2 Å². The molecule has 3 rings (SSSR count). The predicted octanol–water partition coefficient (Wildman–Crippen LogP) is 4.95. The van der Waals surface area contributed by atoms with Crippen LogP contribution in [0.15, 0.2) is 53.7 Å². The zero-order valence-corrected chi connectivity index (χ0v) is 16.4. The van der Waals surface area contributed by atoms with Crippen LogP contribution >= 0.6 is 0 Å². The van der Waals surface area contributed by atoms with Crippen LogP contribution in [0.4, 0.5) is 13.2 Å². The Morgan fingerprint density at radius 2 is 1.86 bits per heavy atom. The van der Waals surface area contributed by atoms with Crippen LogP contribution in [0.5, 0.6) is 0 Å². The van der Waals surface area contributed by atoms with Crippen LogP contribution in [0.2, 0.25) is 0 Å². The van der Waals surface area contributed by atoms with Gasteiger partial charge >= 0.3 is 6.18 Å². The molecule has 154 valence electrons. The Hall–Kier alpha value is -2.83. The number of aryl methyl sites for hydroxylation is 1. The Morgan fingerprint density at radius 1 is 1.17 bits per heavy atom. The van der Waals surface area contributed by atoms with Gasteiger partial charge in [-0.05, 0) is 30.2 Å². The molecule has 1 atom stereocenters. The van der Waals surface area contributed by atoms with Crippen LogP contribution in [0.25, 0.3) is 0 Å². The molecule has 0 aliphatic carbocycles. The van der Waals surface area contributed by atoms with Gasteiger partial charge in [-0.15, -0.1) is 0 Å². The van der Waals surface area contributed by atoms with Crippen molar-refractivity contribution >= 4 is 11.6 Å². The highest BCUT2D eigenvalue weighted by Crippen LogP contribution is 2.29. The predicted molar refractivity (Wildman–Crippen MR) is 104 cm³/mol. The highest BCUT2D eigenvalue weighted by molar-refractivity contribution is 6.02. The minimum Gasteiger partial charge on any atom is -0.390 e. The van der Waals surface area contributed by atoms with Gasteiger partial charge in [0.1, 0.15) is 0 Å². The van der Waals surface area contributed by atoms with Crippen LogP contribution < -0.4 is 0 Å². The Labute approximate surface area is 168 Å². The molecule has 0 unspecified atom stereocenters. The number of alkyl halides is 3. The average Bonchev–Trinajstić information content (AvgIpc) is 3.15. The molecular weight excluding hydrogens is 381 g/mol. The molecule has 0 saturated heterocycles. The molecule has 7 heteroatoms. The fourth-order valence-electron chi connectivity index (χ4n) is 3.33. The summed E-state index contributed by atoms with van der Waals surface area (Å²) in [5.74, 6) is -0.0853. The molecule has 2 aromatic carbocycles. The van der Waals surface area contributed by atoms with Gasteiger partial charge in [-0.25, -0.2) is 0 Å². The summed E-state index contributed by atoms with van der Waals surface area (Å²) in [5.41, 5.74) is 2.89. The number of halogens is 3. The molecule has 1 aliphatic rings. The molecule has 0 fully saturated rings. The molecule has 29 heavy (non-hydrogen) atoms. The Kier molecular flexibility index (Phi) is 6.25. The van der Waals surface area contributed by atoms with E-state index in [0.717, 1.165) is 29.0 Å². The second-order valence-electron chi connectivity index (χ2n) is 7.11. The maximum absolute atomic E-state index is 12.7. The molecule has 4 nitrogen and oxygen atoms in total. The van der Waals surface area contributed by atoms with Crippen LogP contribution in [0.1, 0.15) is 42.0 Å². The summed E-state index contributed by atoms with van der Waals surface area (Å²) in [6.45, 7) is 4.31. The van der Waals surface area contributed by atoms with Crippen molar-refractivity contribution in [3.63, 3.8) is 0 Å². The van der Waals surface area contributed by atoms with E-state index < -0.39 is 11.7 Å². The summed E-state index contributed by atoms with van der Waals surface area (Å²) in [4.78, 5) is 19.6. The first kappa shape index (κ1) is 20.9. The van der Waals surface area contributed by atoms with Crippen molar-refractivity contribution in [1.29, 1.82) is 0 Å².